The monoisotopic (exact) mass is 487 g/mol. The van der Waals surface area contributed by atoms with Crippen LogP contribution < -0.4 is 15.4 Å². The molecule has 0 radical (unpaired) electrons. The number of carbonyl (C=O) groups is 3. The summed E-state index contributed by atoms with van der Waals surface area (Å²) in [7, 11) is -3.93. The molecule has 2 heterocycles. The number of likely N-dealkylation sites (tertiary alicyclic amines) is 1. The van der Waals surface area contributed by atoms with Crippen molar-refractivity contribution >= 4 is 39.3 Å². The van der Waals surface area contributed by atoms with Gasteiger partial charge in [0.1, 0.15) is 5.82 Å². The molecule has 3 rings (SSSR count). The van der Waals surface area contributed by atoms with E-state index in [0.717, 1.165) is 5.56 Å². The Balaban J connectivity index is 1.53. The topological polar surface area (TPSA) is 138 Å². The summed E-state index contributed by atoms with van der Waals surface area (Å²) in [6, 6.07) is 8.33. The molecule has 0 unspecified atom stereocenters. The summed E-state index contributed by atoms with van der Waals surface area (Å²) < 4.78 is 27.8. The maximum atomic E-state index is 12.8. The molecule has 2 aromatic rings. The quantitative estimate of drug-likeness (QED) is 0.545. The van der Waals surface area contributed by atoms with Gasteiger partial charge in [0.25, 0.3) is 0 Å². The zero-order valence-corrected chi connectivity index (χ0v) is 20.2. The lowest BCUT2D eigenvalue weighted by Gasteiger charge is -2.33. The van der Waals surface area contributed by atoms with Crippen molar-refractivity contribution in [3.8, 4) is 0 Å². The second-order valence-electron chi connectivity index (χ2n) is 8.36. The molecular formula is C23H29N5O5S. The van der Waals surface area contributed by atoms with Gasteiger partial charge >= 0.3 is 0 Å². The number of anilines is 2. The van der Waals surface area contributed by atoms with Crippen molar-refractivity contribution in [1.82, 2.24) is 14.6 Å². The average molecular weight is 488 g/mol. The minimum atomic E-state index is -3.93. The van der Waals surface area contributed by atoms with Gasteiger partial charge < -0.3 is 15.5 Å². The molecule has 1 atom stereocenters. The molecule has 10 nitrogen and oxygen atoms in total. The average Bonchev–Trinajstić information content (AvgIpc) is 2.78. The second-order valence-corrected chi connectivity index (χ2v) is 10.1. The minimum absolute atomic E-state index is 0.0126. The molecule has 0 bridgehead atoms. The molecule has 0 aliphatic carbocycles. The first-order chi connectivity index (χ1) is 16.0. The van der Waals surface area contributed by atoms with Crippen LogP contribution in [0.4, 0.5) is 11.5 Å². The minimum Gasteiger partial charge on any atom is -0.341 e. The van der Waals surface area contributed by atoms with Gasteiger partial charge in [-0.15, -0.1) is 0 Å². The Labute approximate surface area is 199 Å². The molecule has 1 aliphatic heterocycles. The van der Waals surface area contributed by atoms with Gasteiger partial charge in [-0.2, -0.15) is 4.72 Å². The van der Waals surface area contributed by atoms with E-state index >= 15 is 0 Å². The number of hydrogen-bond donors (Lipinski definition) is 3. The first-order valence-corrected chi connectivity index (χ1v) is 12.5. The normalized spacial score (nSPS) is 15.4. The molecule has 1 fully saturated rings. The molecule has 0 saturated carbocycles. The molecule has 1 saturated heterocycles. The van der Waals surface area contributed by atoms with E-state index < -0.39 is 16.1 Å². The lowest BCUT2D eigenvalue weighted by atomic mass is 9.95. The standard InChI is InChI=1S/C23H29N5O5S/c1-15-8-11-24-21(14-15)26-22(30)18-9-12-28(13-10-18)23(31)16(2)27-34(32,33)20-6-4-19(5-7-20)25-17(3)29/h4-8,11,14,16,18,27H,9-10,12-13H2,1-3H3,(H,25,29)(H,24,26,30)/t16-/m0/s1. The third-order valence-electron chi connectivity index (χ3n) is 5.53. The number of amides is 3. The van der Waals surface area contributed by atoms with Crippen molar-refractivity contribution in [2.24, 2.45) is 5.92 Å². The number of pyridine rings is 1. The highest BCUT2D eigenvalue weighted by Gasteiger charge is 2.31. The first kappa shape index (κ1) is 25.3. The van der Waals surface area contributed by atoms with Crippen LogP contribution in [0.5, 0.6) is 0 Å². The van der Waals surface area contributed by atoms with Crippen LogP contribution in [-0.2, 0) is 24.4 Å². The number of carbonyl (C=O) groups excluding carboxylic acids is 3. The van der Waals surface area contributed by atoms with Gasteiger partial charge in [0, 0.05) is 37.8 Å². The van der Waals surface area contributed by atoms with E-state index in [9.17, 15) is 22.8 Å². The van der Waals surface area contributed by atoms with Crippen LogP contribution in [-0.4, -0.2) is 55.2 Å². The number of piperidine rings is 1. The van der Waals surface area contributed by atoms with E-state index in [1.165, 1.54) is 38.1 Å². The third-order valence-corrected chi connectivity index (χ3v) is 7.09. The van der Waals surface area contributed by atoms with E-state index in [2.05, 4.69) is 20.3 Å². The van der Waals surface area contributed by atoms with Gasteiger partial charge in [0.05, 0.1) is 10.9 Å². The molecule has 1 aromatic carbocycles. The zero-order valence-electron chi connectivity index (χ0n) is 19.4. The summed E-state index contributed by atoms with van der Waals surface area (Å²) in [5.74, 6) is -0.502. The predicted molar refractivity (Wildman–Crippen MR) is 127 cm³/mol. The summed E-state index contributed by atoms with van der Waals surface area (Å²) in [5.41, 5.74) is 1.46. The van der Waals surface area contributed by atoms with Crippen molar-refractivity contribution in [1.29, 1.82) is 0 Å². The smallest absolute Gasteiger partial charge is 0.241 e. The number of aromatic nitrogens is 1. The number of nitrogens with zero attached hydrogens (tertiary/aromatic N) is 2. The second kappa shape index (κ2) is 10.7. The van der Waals surface area contributed by atoms with Crippen molar-refractivity contribution in [2.75, 3.05) is 23.7 Å². The summed E-state index contributed by atoms with van der Waals surface area (Å²) >= 11 is 0. The molecule has 1 aromatic heterocycles. The molecule has 182 valence electrons. The Bertz CT molecular complexity index is 1160. The molecule has 34 heavy (non-hydrogen) atoms. The lowest BCUT2D eigenvalue weighted by Crippen LogP contribution is -2.50. The van der Waals surface area contributed by atoms with Crippen molar-refractivity contribution in [3.63, 3.8) is 0 Å². The number of rotatable bonds is 7. The molecule has 11 heteroatoms. The van der Waals surface area contributed by atoms with Gasteiger partial charge in [0.15, 0.2) is 0 Å². The van der Waals surface area contributed by atoms with E-state index in [1.807, 2.05) is 13.0 Å². The van der Waals surface area contributed by atoms with Gasteiger partial charge in [-0.1, -0.05) is 0 Å². The fraction of sp³-hybridized carbons (Fsp3) is 0.391. The Hall–Kier alpha value is -3.31. The van der Waals surface area contributed by atoms with Crippen LogP contribution in [0.1, 0.15) is 32.3 Å². The van der Waals surface area contributed by atoms with Crippen molar-refractivity contribution < 1.29 is 22.8 Å². The van der Waals surface area contributed by atoms with Crippen LogP contribution in [0.2, 0.25) is 0 Å². The molecular weight excluding hydrogens is 458 g/mol. The number of hydrogen-bond acceptors (Lipinski definition) is 6. The van der Waals surface area contributed by atoms with E-state index in [-0.39, 0.29) is 28.5 Å². The van der Waals surface area contributed by atoms with Gasteiger partial charge in [0.2, 0.25) is 27.7 Å². The molecule has 0 spiro atoms. The van der Waals surface area contributed by atoms with Crippen LogP contribution in [0.15, 0.2) is 47.5 Å². The Kier molecular flexibility index (Phi) is 8.00. The summed E-state index contributed by atoms with van der Waals surface area (Å²) in [6.07, 6.45) is 2.59. The molecule has 3 amide bonds. The number of sulfonamides is 1. The Morgan fingerprint density at radius 2 is 1.71 bits per heavy atom. The van der Waals surface area contributed by atoms with E-state index in [0.29, 0.717) is 37.4 Å². The van der Waals surface area contributed by atoms with Gasteiger partial charge in [-0.3, -0.25) is 14.4 Å². The molecule has 3 N–H and O–H groups in total. The summed E-state index contributed by atoms with van der Waals surface area (Å²) in [5, 5.41) is 5.38. The van der Waals surface area contributed by atoms with Crippen LogP contribution in [0.3, 0.4) is 0 Å². The van der Waals surface area contributed by atoms with Crippen LogP contribution in [0.25, 0.3) is 0 Å². The van der Waals surface area contributed by atoms with Crippen molar-refractivity contribution in [3.05, 3.63) is 48.2 Å². The molecule has 1 aliphatic rings. The van der Waals surface area contributed by atoms with Crippen LogP contribution >= 0.6 is 0 Å². The highest BCUT2D eigenvalue weighted by atomic mass is 32.2. The van der Waals surface area contributed by atoms with Crippen molar-refractivity contribution in [2.45, 2.75) is 44.6 Å². The SMILES string of the molecule is CC(=O)Nc1ccc(S(=O)(=O)N[C@@H](C)C(=O)N2CCC(C(=O)Nc3cc(C)ccn3)CC2)cc1. The zero-order chi connectivity index (χ0) is 24.9. The Morgan fingerprint density at radius 3 is 2.29 bits per heavy atom. The fourth-order valence-electron chi connectivity index (χ4n) is 3.74. The lowest BCUT2D eigenvalue weighted by molar-refractivity contribution is -0.135. The van der Waals surface area contributed by atoms with E-state index in [1.54, 1.807) is 17.2 Å². The van der Waals surface area contributed by atoms with Crippen LogP contribution in [0, 0.1) is 12.8 Å². The maximum absolute atomic E-state index is 12.8. The predicted octanol–water partition coefficient (Wildman–Crippen LogP) is 1.89. The van der Waals surface area contributed by atoms with Gasteiger partial charge in [-0.05, 0) is 68.7 Å². The summed E-state index contributed by atoms with van der Waals surface area (Å²) in [4.78, 5) is 42.2. The van der Waals surface area contributed by atoms with Gasteiger partial charge in [-0.25, -0.2) is 13.4 Å². The number of aryl methyl sites for hydroxylation is 1. The highest BCUT2D eigenvalue weighted by molar-refractivity contribution is 7.89. The fourth-order valence-corrected chi connectivity index (χ4v) is 4.94. The third kappa shape index (κ3) is 6.61. The van der Waals surface area contributed by atoms with E-state index in [4.69, 9.17) is 0 Å². The maximum Gasteiger partial charge on any atom is 0.241 e. The summed E-state index contributed by atoms with van der Waals surface area (Å²) in [6.45, 7) is 5.48. The Morgan fingerprint density at radius 1 is 1.06 bits per heavy atom. The number of nitrogens with one attached hydrogen (secondary N) is 3. The largest absolute Gasteiger partial charge is 0.341 e. The first-order valence-electron chi connectivity index (χ1n) is 11.0. The number of benzene rings is 1. The highest BCUT2D eigenvalue weighted by Crippen LogP contribution is 2.21.